The van der Waals surface area contributed by atoms with Crippen molar-refractivity contribution in [3.05, 3.63) is 132 Å². The normalized spacial score (nSPS) is 16.5. The van der Waals surface area contributed by atoms with E-state index in [2.05, 4.69) is 10.3 Å². The zero-order chi connectivity index (χ0) is 29.7. The summed E-state index contributed by atoms with van der Waals surface area (Å²) in [5.74, 6) is -1.06. The first kappa shape index (κ1) is 28.5. The van der Waals surface area contributed by atoms with Crippen LogP contribution in [0.1, 0.15) is 22.7 Å². The van der Waals surface area contributed by atoms with E-state index in [1.807, 2.05) is 30.3 Å². The minimum absolute atomic E-state index is 0.0203. The van der Waals surface area contributed by atoms with E-state index in [1.165, 1.54) is 58.3 Å². The molecule has 6 nitrogen and oxygen atoms in total. The standard InChI is InChI=1S/C32H26F4N4O2/c33-24-16-14-22(15-17-24)20-40-28(25-10-4-5-11-26(25)32(34,35)36)13-7-19-39(21-29(40)41)31(42)38-27-12-6-18-37-30(27)23-8-2-1-3-9-23/h1-18,28H,19-21H2,(H,38,42)/b13-7-/t28-/m1/s1. The summed E-state index contributed by atoms with van der Waals surface area (Å²) >= 11 is 0. The molecule has 0 spiro atoms. The van der Waals surface area contributed by atoms with E-state index in [1.54, 1.807) is 24.4 Å². The minimum Gasteiger partial charge on any atom is -0.326 e. The molecule has 1 aliphatic heterocycles. The average molecular weight is 575 g/mol. The minimum atomic E-state index is -4.65. The van der Waals surface area contributed by atoms with Gasteiger partial charge in [-0.15, -0.1) is 0 Å². The SMILES string of the molecule is O=C(Nc1cccnc1-c1ccccc1)N1C/C=C\[C@H](c2ccccc2C(F)(F)F)N(Cc2ccc(F)cc2)C(=O)C1. The van der Waals surface area contributed by atoms with Crippen molar-refractivity contribution in [1.29, 1.82) is 0 Å². The number of hydrogen-bond acceptors (Lipinski definition) is 3. The molecule has 2 heterocycles. The molecule has 42 heavy (non-hydrogen) atoms. The Kier molecular flexibility index (Phi) is 8.33. The van der Waals surface area contributed by atoms with E-state index in [4.69, 9.17) is 0 Å². The van der Waals surface area contributed by atoms with Gasteiger partial charge in [-0.2, -0.15) is 13.2 Å². The molecule has 0 saturated heterocycles. The van der Waals surface area contributed by atoms with Crippen LogP contribution in [0.4, 0.5) is 28.0 Å². The zero-order valence-corrected chi connectivity index (χ0v) is 22.3. The molecule has 0 fully saturated rings. The fraction of sp³-hybridized carbons (Fsp3) is 0.156. The third-order valence-electron chi connectivity index (χ3n) is 6.86. The predicted molar refractivity (Wildman–Crippen MR) is 151 cm³/mol. The third-order valence-corrected chi connectivity index (χ3v) is 6.86. The Morgan fingerprint density at radius 1 is 0.929 bits per heavy atom. The topological polar surface area (TPSA) is 65.5 Å². The van der Waals surface area contributed by atoms with E-state index in [0.29, 0.717) is 16.9 Å². The summed E-state index contributed by atoms with van der Waals surface area (Å²) in [5, 5.41) is 2.82. The first-order chi connectivity index (χ1) is 20.2. The number of amides is 3. The number of hydrogen-bond donors (Lipinski definition) is 1. The zero-order valence-electron chi connectivity index (χ0n) is 22.3. The van der Waals surface area contributed by atoms with Gasteiger partial charge < -0.3 is 15.1 Å². The second-order valence-corrected chi connectivity index (χ2v) is 9.68. The number of rotatable bonds is 5. The van der Waals surface area contributed by atoms with Gasteiger partial charge in [0.15, 0.2) is 0 Å². The van der Waals surface area contributed by atoms with E-state index in [-0.39, 0.29) is 18.7 Å². The molecule has 0 bridgehead atoms. The smallest absolute Gasteiger partial charge is 0.326 e. The van der Waals surface area contributed by atoms with Crippen LogP contribution in [-0.2, 0) is 17.5 Å². The van der Waals surface area contributed by atoms with Gasteiger partial charge in [-0.25, -0.2) is 9.18 Å². The lowest BCUT2D eigenvalue weighted by atomic mass is 9.96. The van der Waals surface area contributed by atoms with Crippen molar-refractivity contribution in [2.75, 3.05) is 18.4 Å². The van der Waals surface area contributed by atoms with Gasteiger partial charge in [-0.05, 0) is 41.5 Å². The van der Waals surface area contributed by atoms with Crippen molar-refractivity contribution in [1.82, 2.24) is 14.8 Å². The lowest BCUT2D eigenvalue weighted by molar-refractivity contribution is -0.141. The van der Waals surface area contributed by atoms with Gasteiger partial charge in [0, 0.05) is 24.8 Å². The van der Waals surface area contributed by atoms with Gasteiger partial charge in [0.05, 0.1) is 23.0 Å². The molecule has 3 amide bonds. The number of carbonyl (C=O) groups is 2. The highest BCUT2D eigenvalue weighted by molar-refractivity contribution is 5.95. The Morgan fingerprint density at radius 2 is 1.64 bits per heavy atom. The van der Waals surface area contributed by atoms with Crippen molar-refractivity contribution in [3.63, 3.8) is 0 Å². The Labute approximate surface area is 239 Å². The second kappa shape index (κ2) is 12.3. The van der Waals surface area contributed by atoms with Gasteiger partial charge in [0.1, 0.15) is 12.4 Å². The number of alkyl halides is 3. The molecular weight excluding hydrogens is 548 g/mol. The van der Waals surface area contributed by atoms with Gasteiger partial charge >= 0.3 is 12.2 Å². The van der Waals surface area contributed by atoms with Crippen LogP contribution in [-0.4, -0.2) is 39.8 Å². The highest BCUT2D eigenvalue weighted by Crippen LogP contribution is 2.38. The first-order valence-electron chi connectivity index (χ1n) is 13.1. The number of halogens is 4. The second-order valence-electron chi connectivity index (χ2n) is 9.68. The Hall–Kier alpha value is -4.99. The van der Waals surface area contributed by atoms with Crippen LogP contribution in [0.2, 0.25) is 0 Å². The number of anilines is 1. The summed E-state index contributed by atoms with van der Waals surface area (Å²) in [6, 6.07) is 21.4. The fourth-order valence-electron chi connectivity index (χ4n) is 4.83. The monoisotopic (exact) mass is 574 g/mol. The summed E-state index contributed by atoms with van der Waals surface area (Å²) in [6.45, 7) is -0.521. The summed E-state index contributed by atoms with van der Waals surface area (Å²) in [5.41, 5.74) is 1.32. The largest absolute Gasteiger partial charge is 0.416 e. The van der Waals surface area contributed by atoms with Gasteiger partial charge in [-0.1, -0.05) is 72.8 Å². The first-order valence-corrected chi connectivity index (χ1v) is 13.1. The lowest BCUT2D eigenvalue weighted by Gasteiger charge is -2.35. The summed E-state index contributed by atoms with van der Waals surface area (Å²) in [4.78, 5) is 34.1. The van der Waals surface area contributed by atoms with Crippen LogP contribution >= 0.6 is 0 Å². The van der Waals surface area contributed by atoms with Crippen LogP contribution in [0, 0.1) is 5.82 Å². The quantitative estimate of drug-likeness (QED) is 0.205. The average Bonchev–Trinajstić information content (AvgIpc) is 2.98. The maximum Gasteiger partial charge on any atom is 0.416 e. The molecule has 10 heteroatoms. The maximum absolute atomic E-state index is 14.0. The van der Waals surface area contributed by atoms with E-state index in [0.717, 1.165) is 11.6 Å². The highest BCUT2D eigenvalue weighted by atomic mass is 19.4. The maximum atomic E-state index is 14.0. The summed E-state index contributed by atoms with van der Waals surface area (Å²) in [7, 11) is 0. The molecule has 1 atom stereocenters. The molecule has 0 aliphatic carbocycles. The fourth-order valence-corrected chi connectivity index (χ4v) is 4.83. The Balaban J connectivity index is 1.46. The van der Waals surface area contributed by atoms with Gasteiger partial charge in [0.2, 0.25) is 5.91 Å². The molecule has 5 rings (SSSR count). The Bertz CT molecular complexity index is 1590. The highest BCUT2D eigenvalue weighted by Gasteiger charge is 2.37. The molecule has 0 unspecified atom stereocenters. The van der Waals surface area contributed by atoms with Crippen molar-refractivity contribution < 1.29 is 27.2 Å². The van der Waals surface area contributed by atoms with E-state index < -0.39 is 42.1 Å². The number of nitrogens with zero attached hydrogens (tertiary/aromatic N) is 3. The molecule has 0 radical (unpaired) electrons. The molecular formula is C32H26F4N4O2. The predicted octanol–water partition coefficient (Wildman–Crippen LogP) is 7.08. The van der Waals surface area contributed by atoms with Crippen molar-refractivity contribution in [2.45, 2.75) is 18.8 Å². The van der Waals surface area contributed by atoms with Crippen LogP contribution in [0.15, 0.2) is 109 Å². The molecule has 4 aromatic rings. The molecule has 1 aliphatic rings. The lowest BCUT2D eigenvalue weighted by Crippen LogP contribution is -2.46. The Morgan fingerprint density at radius 3 is 2.38 bits per heavy atom. The number of nitrogens with one attached hydrogen (secondary N) is 1. The van der Waals surface area contributed by atoms with Crippen molar-refractivity contribution in [3.8, 4) is 11.3 Å². The van der Waals surface area contributed by atoms with Crippen LogP contribution in [0.25, 0.3) is 11.3 Å². The third kappa shape index (κ3) is 6.49. The summed E-state index contributed by atoms with van der Waals surface area (Å²) < 4.78 is 55.5. The number of aromatic nitrogens is 1. The van der Waals surface area contributed by atoms with Gasteiger partial charge in [-0.3, -0.25) is 9.78 Å². The van der Waals surface area contributed by atoms with Crippen LogP contribution in [0.5, 0.6) is 0 Å². The van der Waals surface area contributed by atoms with Crippen molar-refractivity contribution >= 4 is 17.6 Å². The molecule has 0 saturated carbocycles. The van der Waals surface area contributed by atoms with E-state index >= 15 is 0 Å². The number of pyridine rings is 1. The van der Waals surface area contributed by atoms with Crippen LogP contribution < -0.4 is 5.32 Å². The van der Waals surface area contributed by atoms with Crippen LogP contribution in [0.3, 0.4) is 0 Å². The number of benzene rings is 3. The van der Waals surface area contributed by atoms with Crippen molar-refractivity contribution in [2.24, 2.45) is 0 Å². The molecule has 1 N–H and O–H groups in total. The molecule has 1 aromatic heterocycles. The van der Waals surface area contributed by atoms with E-state index in [9.17, 15) is 27.2 Å². The number of carbonyl (C=O) groups excluding carboxylic acids is 2. The number of urea groups is 1. The molecule has 3 aromatic carbocycles. The molecule has 214 valence electrons. The summed E-state index contributed by atoms with van der Waals surface area (Å²) in [6.07, 6.45) is 0.0177. The van der Waals surface area contributed by atoms with Gasteiger partial charge in [0.25, 0.3) is 0 Å².